The first kappa shape index (κ1) is 21.8. The Balaban J connectivity index is 1.68. The summed E-state index contributed by atoms with van der Waals surface area (Å²) in [6.45, 7) is 6.95. The fourth-order valence-corrected chi connectivity index (χ4v) is 3.36. The first-order valence-corrected chi connectivity index (χ1v) is 10.1. The zero-order chi connectivity index (χ0) is 21.7. The lowest BCUT2D eigenvalue weighted by Crippen LogP contribution is -2.38. The highest BCUT2D eigenvalue weighted by molar-refractivity contribution is 6.01. The van der Waals surface area contributed by atoms with E-state index in [-0.39, 0.29) is 23.2 Å². The second kappa shape index (κ2) is 9.28. The maximum Gasteiger partial charge on any atom is 0.223 e. The van der Waals surface area contributed by atoms with Crippen LogP contribution in [-0.2, 0) is 16.2 Å². The van der Waals surface area contributed by atoms with Crippen molar-refractivity contribution in [3.63, 3.8) is 0 Å². The third-order valence-corrected chi connectivity index (χ3v) is 4.90. The third-order valence-electron chi connectivity index (χ3n) is 4.90. The largest absolute Gasteiger partial charge is 0.497 e. The van der Waals surface area contributed by atoms with Crippen LogP contribution in [0.25, 0.3) is 0 Å². The molecule has 1 aliphatic heterocycles. The lowest BCUT2D eigenvalue weighted by molar-refractivity contribution is -0.135. The molecule has 0 N–H and O–H groups in total. The van der Waals surface area contributed by atoms with Gasteiger partial charge in [0, 0.05) is 19.4 Å². The number of carbonyl (C=O) groups excluding carboxylic acids is 1. The van der Waals surface area contributed by atoms with Gasteiger partial charge in [0.05, 0.1) is 19.4 Å². The van der Waals surface area contributed by atoms with E-state index in [1.807, 2.05) is 45.0 Å². The standard InChI is InChI=1S/C24H29FN2O3/c1-24(2,3)14-23(28)27(15-17-5-9-19(25)10-6-17)16-21-13-22(26-30-21)18-7-11-20(29-4)12-8-18/h5-12,21H,13-16H2,1-4H3/t21-/m1/s1. The molecule has 0 aromatic heterocycles. The molecule has 0 saturated heterocycles. The van der Waals surface area contributed by atoms with Gasteiger partial charge in [-0.3, -0.25) is 4.79 Å². The summed E-state index contributed by atoms with van der Waals surface area (Å²) >= 11 is 0. The van der Waals surface area contributed by atoms with Crippen LogP contribution in [0.1, 0.15) is 44.7 Å². The number of halogens is 1. The van der Waals surface area contributed by atoms with Crippen molar-refractivity contribution in [1.82, 2.24) is 4.90 Å². The molecule has 0 saturated carbocycles. The average Bonchev–Trinajstić information content (AvgIpc) is 3.16. The van der Waals surface area contributed by atoms with E-state index in [0.717, 1.165) is 22.6 Å². The predicted molar refractivity (Wildman–Crippen MR) is 115 cm³/mol. The van der Waals surface area contributed by atoms with Crippen molar-refractivity contribution < 1.29 is 18.8 Å². The van der Waals surface area contributed by atoms with Crippen molar-refractivity contribution in [2.75, 3.05) is 13.7 Å². The topological polar surface area (TPSA) is 51.1 Å². The second-order valence-electron chi connectivity index (χ2n) is 8.84. The number of ether oxygens (including phenoxy) is 1. The van der Waals surface area contributed by atoms with Gasteiger partial charge in [-0.05, 0) is 52.9 Å². The number of methoxy groups -OCH3 is 1. The van der Waals surface area contributed by atoms with Gasteiger partial charge in [0.25, 0.3) is 0 Å². The number of hydrogen-bond acceptors (Lipinski definition) is 4. The number of amides is 1. The van der Waals surface area contributed by atoms with Gasteiger partial charge in [-0.1, -0.05) is 38.1 Å². The maximum atomic E-state index is 13.3. The molecule has 1 heterocycles. The highest BCUT2D eigenvalue weighted by Crippen LogP contribution is 2.24. The Hall–Kier alpha value is -2.89. The minimum Gasteiger partial charge on any atom is -0.497 e. The van der Waals surface area contributed by atoms with Gasteiger partial charge in [0.1, 0.15) is 11.6 Å². The minimum atomic E-state index is -0.289. The van der Waals surface area contributed by atoms with E-state index in [1.165, 1.54) is 12.1 Å². The molecule has 0 spiro atoms. The number of benzene rings is 2. The summed E-state index contributed by atoms with van der Waals surface area (Å²) < 4.78 is 18.5. The normalized spacial score (nSPS) is 16.0. The zero-order valence-electron chi connectivity index (χ0n) is 18.0. The van der Waals surface area contributed by atoms with E-state index in [0.29, 0.717) is 25.9 Å². The number of oxime groups is 1. The molecule has 0 bridgehead atoms. The Morgan fingerprint density at radius 3 is 2.43 bits per heavy atom. The first-order chi connectivity index (χ1) is 14.2. The van der Waals surface area contributed by atoms with Gasteiger partial charge in [-0.15, -0.1) is 0 Å². The van der Waals surface area contributed by atoms with Crippen LogP contribution in [0, 0.1) is 11.2 Å². The van der Waals surface area contributed by atoms with Gasteiger partial charge < -0.3 is 14.5 Å². The summed E-state index contributed by atoms with van der Waals surface area (Å²) in [6.07, 6.45) is 0.828. The van der Waals surface area contributed by atoms with Crippen LogP contribution in [0.3, 0.4) is 0 Å². The van der Waals surface area contributed by atoms with Crippen LogP contribution in [0.2, 0.25) is 0 Å². The van der Waals surface area contributed by atoms with E-state index < -0.39 is 0 Å². The van der Waals surface area contributed by atoms with Crippen LogP contribution in [0.15, 0.2) is 53.7 Å². The minimum absolute atomic E-state index is 0.0494. The molecule has 1 aliphatic rings. The van der Waals surface area contributed by atoms with Crippen LogP contribution in [0.5, 0.6) is 5.75 Å². The van der Waals surface area contributed by atoms with Crippen LogP contribution >= 0.6 is 0 Å². The van der Waals surface area contributed by atoms with E-state index in [2.05, 4.69) is 5.16 Å². The summed E-state index contributed by atoms with van der Waals surface area (Å²) in [4.78, 5) is 20.4. The summed E-state index contributed by atoms with van der Waals surface area (Å²) in [7, 11) is 1.63. The monoisotopic (exact) mass is 412 g/mol. The van der Waals surface area contributed by atoms with E-state index in [1.54, 1.807) is 24.1 Å². The zero-order valence-corrected chi connectivity index (χ0v) is 18.0. The van der Waals surface area contributed by atoms with Crippen molar-refractivity contribution in [3.8, 4) is 5.75 Å². The fourth-order valence-electron chi connectivity index (χ4n) is 3.36. The van der Waals surface area contributed by atoms with Crippen molar-refractivity contribution in [1.29, 1.82) is 0 Å². The molecular formula is C24H29FN2O3. The van der Waals surface area contributed by atoms with Gasteiger partial charge >= 0.3 is 0 Å². The number of rotatable bonds is 7. The van der Waals surface area contributed by atoms with Gasteiger partial charge in [0.2, 0.25) is 5.91 Å². The van der Waals surface area contributed by atoms with Crippen molar-refractivity contribution in [2.24, 2.45) is 10.6 Å². The Morgan fingerprint density at radius 2 is 1.83 bits per heavy atom. The van der Waals surface area contributed by atoms with E-state index in [9.17, 15) is 9.18 Å². The molecule has 3 rings (SSSR count). The molecule has 0 fully saturated rings. The molecule has 0 radical (unpaired) electrons. The third kappa shape index (κ3) is 6.05. The Kier molecular flexibility index (Phi) is 6.75. The highest BCUT2D eigenvalue weighted by atomic mass is 19.1. The Labute approximate surface area is 177 Å². The molecule has 2 aromatic rings. The average molecular weight is 413 g/mol. The lowest BCUT2D eigenvalue weighted by Gasteiger charge is -2.28. The SMILES string of the molecule is COc1ccc(C2=NO[C@@H](CN(Cc3ccc(F)cc3)C(=O)CC(C)(C)C)C2)cc1. The van der Waals surface area contributed by atoms with Crippen LogP contribution < -0.4 is 4.74 Å². The van der Waals surface area contributed by atoms with E-state index in [4.69, 9.17) is 9.57 Å². The smallest absolute Gasteiger partial charge is 0.223 e. The molecule has 6 heteroatoms. The molecule has 5 nitrogen and oxygen atoms in total. The van der Waals surface area contributed by atoms with Gasteiger partial charge in [0.15, 0.2) is 6.10 Å². The molecular weight excluding hydrogens is 383 g/mol. The second-order valence-corrected chi connectivity index (χ2v) is 8.84. The molecule has 160 valence electrons. The molecule has 1 atom stereocenters. The summed E-state index contributed by atoms with van der Waals surface area (Å²) in [5.74, 6) is 0.546. The van der Waals surface area contributed by atoms with Gasteiger partial charge in [-0.25, -0.2) is 4.39 Å². The number of hydrogen-bond donors (Lipinski definition) is 0. The van der Waals surface area contributed by atoms with Crippen LogP contribution in [0.4, 0.5) is 4.39 Å². The number of nitrogens with zero attached hydrogens (tertiary/aromatic N) is 2. The summed E-state index contributed by atoms with van der Waals surface area (Å²) in [5.41, 5.74) is 2.59. The summed E-state index contributed by atoms with van der Waals surface area (Å²) in [6, 6.07) is 13.9. The van der Waals surface area contributed by atoms with Crippen LogP contribution in [-0.4, -0.2) is 36.3 Å². The van der Waals surface area contributed by atoms with E-state index >= 15 is 0 Å². The van der Waals surface area contributed by atoms with Crippen molar-refractivity contribution in [2.45, 2.75) is 46.3 Å². The first-order valence-electron chi connectivity index (χ1n) is 10.1. The Morgan fingerprint density at radius 1 is 1.17 bits per heavy atom. The molecule has 0 aliphatic carbocycles. The van der Waals surface area contributed by atoms with Crippen molar-refractivity contribution >= 4 is 11.6 Å². The molecule has 30 heavy (non-hydrogen) atoms. The highest BCUT2D eigenvalue weighted by Gasteiger charge is 2.28. The summed E-state index contributed by atoms with van der Waals surface area (Å²) in [5, 5.41) is 4.24. The molecule has 0 unspecified atom stereocenters. The fraction of sp³-hybridized carbons (Fsp3) is 0.417. The quantitative estimate of drug-likeness (QED) is 0.657. The Bertz CT molecular complexity index is 886. The lowest BCUT2D eigenvalue weighted by atomic mass is 9.91. The van der Waals surface area contributed by atoms with Crippen molar-refractivity contribution in [3.05, 3.63) is 65.5 Å². The van der Waals surface area contributed by atoms with Gasteiger partial charge in [-0.2, -0.15) is 0 Å². The number of carbonyl (C=O) groups is 1. The molecule has 2 aromatic carbocycles. The molecule has 1 amide bonds. The predicted octanol–water partition coefficient (Wildman–Crippen LogP) is 4.79. The maximum absolute atomic E-state index is 13.3.